The van der Waals surface area contributed by atoms with Crippen LogP contribution in [0.1, 0.15) is 32.6 Å². The normalized spacial score (nSPS) is 30.3. The summed E-state index contributed by atoms with van der Waals surface area (Å²) in [5.41, 5.74) is 0. The summed E-state index contributed by atoms with van der Waals surface area (Å²) in [6, 6.07) is 0. The van der Waals surface area contributed by atoms with Crippen LogP contribution in [-0.4, -0.2) is 63.6 Å². The molecular formula is C16H30O5. The van der Waals surface area contributed by atoms with Crippen molar-refractivity contribution in [2.45, 2.75) is 44.8 Å². The topological polar surface area (TPSA) is 60.5 Å². The molecule has 1 saturated heterocycles. The van der Waals surface area contributed by atoms with Crippen LogP contribution in [0.2, 0.25) is 0 Å². The number of aliphatic hydroxyl groups is 1. The zero-order valence-electron chi connectivity index (χ0n) is 13.2. The SMILES string of the molecule is CCOCC(O)COCC1CCC(COCC2CO2)CC1. The van der Waals surface area contributed by atoms with Crippen molar-refractivity contribution in [2.24, 2.45) is 11.8 Å². The van der Waals surface area contributed by atoms with Crippen LogP contribution >= 0.6 is 0 Å². The van der Waals surface area contributed by atoms with Gasteiger partial charge in [-0.2, -0.15) is 0 Å². The van der Waals surface area contributed by atoms with Gasteiger partial charge in [0.15, 0.2) is 0 Å². The van der Waals surface area contributed by atoms with E-state index in [1.54, 1.807) is 0 Å². The van der Waals surface area contributed by atoms with Crippen LogP contribution in [0.5, 0.6) is 0 Å². The van der Waals surface area contributed by atoms with Crippen LogP contribution in [0, 0.1) is 11.8 Å². The molecule has 5 nitrogen and oxygen atoms in total. The summed E-state index contributed by atoms with van der Waals surface area (Å²) in [4.78, 5) is 0. The number of ether oxygens (including phenoxy) is 4. The fourth-order valence-corrected chi connectivity index (χ4v) is 2.77. The zero-order chi connectivity index (χ0) is 14.9. The molecule has 2 fully saturated rings. The second kappa shape index (κ2) is 9.74. The van der Waals surface area contributed by atoms with E-state index in [0.717, 1.165) is 26.4 Å². The van der Waals surface area contributed by atoms with Crippen LogP contribution in [0.15, 0.2) is 0 Å². The first-order valence-electron chi connectivity index (χ1n) is 8.30. The lowest BCUT2D eigenvalue weighted by Crippen LogP contribution is -2.26. The molecule has 2 atom stereocenters. The fourth-order valence-electron chi connectivity index (χ4n) is 2.77. The minimum Gasteiger partial charge on any atom is -0.388 e. The highest BCUT2D eigenvalue weighted by Crippen LogP contribution is 2.29. The van der Waals surface area contributed by atoms with Gasteiger partial charge in [0.2, 0.25) is 0 Å². The van der Waals surface area contributed by atoms with Crippen molar-refractivity contribution in [1.82, 2.24) is 0 Å². The fraction of sp³-hybridized carbons (Fsp3) is 1.00. The minimum atomic E-state index is -0.501. The molecule has 0 aromatic rings. The van der Waals surface area contributed by atoms with Crippen molar-refractivity contribution >= 4 is 0 Å². The van der Waals surface area contributed by atoms with Gasteiger partial charge in [-0.15, -0.1) is 0 Å². The summed E-state index contributed by atoms with van der Waals surface area (Å²) in [6.07, 6.45) is 4.73. The van der Waals surface area contributed by atoms with Gasteiger partial charge in [0, 0.05) is 19.8 Å². The number of aliphatic hydroxyl groups excluding tert-OH is 1. The summed E-state index contributed by atoms with van der Waals surface area (Å²) in [5, 5.41) is 9.62. The van der Waals surface area contributed by atoms with Crippen LogP contribution < -0.4 is 0 Å². The number of epoxide rings is 1. The molecule has 1 aliphatic heterocycles. The van der Waals surface area contributed by atoms with E-state index >= 15 is 0 Å². The molecule has 2 aliphatic rings. The average molecular weight is 302 g/mol. The Morgan fingerprint density at radius 1 is 0.952 bits per heavy atom. The molecule has 1 saturated carbocycles. The van der Waals surface area contributed by atoms with Gasteiger partial charge >= 0.3 is 0 Å². The standard InChI is InChI=1S/C16H30O5/c1-2-18-9-15(17)10-19-7-13-3-5-14(6-4-13)8-20-11-16-12-21-16/h13-17H,2-12H2,1H3. The van der Waals surface area contributed by atoms with E-state index in [9.17, 15) is 5.11 Å². The van der Waals surface area contributed by atoms with E-state index in [-0.39, 0.29) is 0 Å². The van der Waals surface area contributed by atoms with Crippen molar-refractivity contribution in [2.75, 3.05) is 46.2 Å². The van der Waals surface area contributed by atoms with Gasteiger partial charge in [0.1, 0.15) is 12.2 Å². The Hall–Kier alpha value is -0.200. The Bertz CT molecular complexity index is 261. The van der Waals surface area contributed by atoms with Crippen molar-refractivity contribution < 1.29 is 24.1 Å². The van der Waals surface area contributed by atoms with Crippen molar-refractivity contribution in [3.63, 3.8) is 0 Å². The quantitative estimate of drug-likeness (QED) is 0.588. The Morgan fingerprint density at radius 2 is 1.52 bits per heavy atom. The lowest BCUT2D eigenvalue weighted by molar-refractivity contribution is -0.0290. The first-order chi connectivity index (χ1) is 10.3. The maximum absolute atomic E-state index is 9.62. The van der Waals surface area contributed by atoms with Crippen LogP contribution in [0.3, 0.4) is 0 Å². The molecule has 2 unspecified atom stereocenters. The third kappa shape index (κ3) is 7.56. The van der Waals surface area contributed by atoms with E-state index in [2.05, 4.69) is 0 Å². The summed E-state index contributed by atoms with van der Waals surface area (Å²) >= 11 is 0. The zero-order valence-corrected chi connectivity index (χ0v) is 13.2. The van der Waals surface area contributed by atoms with E-state index in [0.29, 0.717) is 37.8 Å². The average Bonchev–Trinajstić information content (AvgIpc) is 3.31. The van der Waals surface area contributed by atoms with Crippen molar-refractivity contribution in [1.29, 1.82) is 0 Å². The highest BCUT2D eigenvalue weighted by atomic mass is 16.6. The monoisotopic (exact) mass is 302 g/mol. The molecule has 1 N–H and O–H groups in total. The molecule has 0 spiro atoms. The Kier molecular flexibility index (Phi) is 7.96. The van der Waals surface area contributed by atoms with E-state index < -0.39 is 6.10 Å². The molecule has 21 heavy (non-hydrogen) atoms. The smallest absolute Gasteiger partial charge is 0.104 e. The second-order valence-electron chi connectivity index (χ2n) is 6.23. The molecule has 124 valence electrons. The predicted octanol–water partition coefficient (Wildman–Crippen LogP) is 1.62. The molecule has 0 amide bonds. The molecule has 0 radical (unpaired) electrons. The van der Waals surface area contributed by atoms with Gasteiger partial charge in [-0.25, -0.2) is 0 Å². The summed E-state index contributed by atoms with van der Waals surface area (Å²) in [5.74, 6) is 1.33. The number of hydrogen-bond donors (Lipinski definition) is 1. The summed E-state index contributed by atoms with van der Waals surface area (Å²) < 4.78 is 21.6. The van der Waals surface area contributed by atoms with Gasteiger partial charge in [-0.1, -0.05) is 0 Å². The molecule has 5 heteroatoms. The van der Waals surface area contributed by atoms with E-state index in [1.807, 2.05) is 6.92 Å². The molecule has 2 rings (SSSR count). The highest BCUT2D eigenvalue weighted by Gasteiger charge is 2.25. The van der Waals surface area contributed by atoms with Crippen molar-refractivity contribution in [3.05, 3.63) is 0 Å². The number of rotatable bonds is 11. The van der Waals surface area contributed by atoms with E-state index in [1.165, 1.54) is 25.7 Å². The highest BCUT2D eigenvalue weighted by molar-refractivity contribution is 4.73. The molecule has 1 aliphatic carbocycles. The first-order valence-corrected chi connectivity index (χ1v) is 8.30. The Balaban J connectivity index is 1.44. The third-order valence-electron chi connectivity index (χ3n) is 4.20. The number of hydrogen-bond acceptors (Lipinski definition) is 5. The third-order valence-corrected chi connectivity index (χ3v) is 4.20. The maximum Gasteiger partial charge on any atom is 0.104 e. The molecule has 0 aromatic heterocycles. The van der Waals surface area contributed by atoms with Gasteiger partial charge in [-0.05, 0) is 44.4 Å². The lowest BCUT2D eigenvalue weighted by Gasteiger charge is -2.28. The van der Waals surface area contributed by atoms with Gasteiger partial charge in [0.25, 0.3) is 0 Å². The summed E-state index contributed by atoms with van der Waals surface area (Å²) in [7, 11) is 0. The minimum absolute atomic E-state index is 0.366. The van der Waals surface area contributed by atoms with Gasteiger partial charge in [-0.3, -0.25) is 0 Å². The van der Waals surface area contributed by atoms with Gasteiger partial charge < -0.3 is 24.1 Å². The largest absolute Gasteiger partial charge is 0.388 e. The van der Waals surface area contributed by atoms with Crippen LogP contribution in [0.25, 0.3) is 0 Å². The summed E-state index contributed by atoms with van der Waals surface area (Å²) in [6.45, 7) is 6.58. The first kappa shape index (κ1) is 17.2. The van der Waals surface area contributed by atoms with Crippen LogP contribution in [0.4, 0.5) is 0 Å². The van der Waals surface area contributed by atoms with Crippen molar-refractivity contribution in [3.8, 4) is 0 Å². The lowest BCUT2D eigenvalue weighted by atomic mass is 9.83. The molecule has 0 bridgehead atoms. The second-order valence-corrected chi connectivity index (χ2v) is 6.23. The van der Waals surface area contributed by atoms with Crippen LogP contribution in [-0.2, 0) is 18.9 Å². The Morgan fingerprint density at radius 3 is 2.10 bits per heavy atom. The molecule has 1 heterocycles. The van der Waals surface area contributed by atoms with E-state index in [4.69, 9.17) is 18.9 Å². The molecule has 0 aromatic carbocycles. The predicted molar refractivity (Wildman–Crippen MR) is 79.3 cm³/mol. The molecular weight excluding hydrogens is 272 g/mol. The maximum atomic E-state index is 9.62. The van der Waals surface area contributed by atoms with Gasteiger partial charge in [0.05, 0.1) is 26.4 Å². The Labute approximate surface area is 127 Å².